The molecule has 3 rings (SSSR count). The summed E-state index contributed by atoms with van der Waals surface area (Å²) in [6.07, 6.45) is 1.14. The lowest BCUT2D eigenvalue weighted by Gasteiger charge is -2.31. The molecular formula is C19H20O7. The van der Waals surface area contributed by atoms with Crippen LogP contribution in [0.2, 0.25) is 0 Å². The molecule has 0 aromatic carbocycles. The molecule has 26 heavy (non-hydrogen) atoms. The minimum atomic E-state index is -1.29. The zero-order valence-electron chi connectivity index (χ0n) is 14.6. The maximum atomic E-state index is 12.5. The molecule has 7 nitrogen and oxygen atoms in total. The van der Waals surface area contributed by atoms with Gasteiger partial charge in [-0.05, 0) is 19.9 Å². The summed E-state index contributed by atoms with van der Waals surface area (Å²) in [5.74, 6) is -2.03. The highest BCUT2D eigenvalue weighted by atomic mass is 16.6. The van der Waals surface area contributed by atoms with Crippen molar-refractivity contribution in [3.05, 3.63) is 47.8 Å². The third-order valence-corrected chi connectivity index (χ3v) is 4.83. The molecule has 0 aromatic rings. The largest absolute Gasteiger partial charge is 0.479 e. The highest BCUT2D eigenvalue weighted by molar-refractivity contribution is 6.00. The maximum Gasteiger partial charge on any atom is 0.334 e. The number of carbonyl (C=O) groups excluding carboxylic acids is 3. The van der Waals surface area contributed by atoms with Crippen LogP contribution in [0.4, 0.5) is 0 Å². The van der Waals surface area contributed by atoms with Crippen molar-refractivity contribution in [2.75, 3.05) is 6.61 Å². The first-order valence-corrected chi connectivity index (χ1v) is 8.19. The lowest BCUT2D eigenvalue weighted by molar-refractivity contribution is -0.153. The molecule has 4 atom stereocenters. The number of carbonyl (C=O) groups is 3. The van der Waals surface area contributed by atoms with Gasteiger partial charge in [0.15, 0.2) is 5.60 Å². The molecule has 0 aromatic heterocycles. The summed E-state index contributed by atoms with van der Waals surface area (Å²) in [7, 11) is 0. The molecule has 7 heteroatoms. The van der Waals surface area contributed by atoms with E-state index in [0.717, 1.165) is 0 Å². The first-order valence-electron chi connectivity index (χ1n) is 8.19. The molecule has 3 heterocycles. The summed E-state index contributed by atoms with van der Waals surface area (Å²) in [6.45, 7) is 9.99. The van der Waals surface area contributed by atoms with Crippen LogP contribution < -0.4 is 0 Å². The molecule has 0 amide bonds. The molecular weight excluding hydrogens is 340 g/mol. The summed E-state index contributed by atoms with van der Waals surface area (Å²) in [6, 6.07) is 0. The summed E-state index contributed by atoms with van der Waals surface area (Å²) in [5, 5.41) is 9.67. The molecule has 3 aliphatic rings. The molecule has 3 aliphatic heterocycles. The molecule has 1 saturated heterocycles. The van der Waals surface area contributed by atoms with Gasteiger partial charge >= 0.3 is 11.9 Å². The van der Waals surface area contributed by atoms with Crippen molar-refractivity contribution < 1.29 is 33.7 Å². The van der Waals surface area contributed by atoms with Crippen LogP contribution in [0.25, 0.3) is 0 Å². The Morgan fingerprint density at radius 2 is 2.15 bits per heavy atom. The van der Waals surface area contributed by atoms with Crippen LogP contribution in [0.3, 0.4) is 0 Å². The third-order valence-electron chi connectivity index (χ3n) is 4.83. The molecule has 0 aliphatic carbocycles. The zero-order chi connectivity index (χ0) is 19.2. The van der Waals surface area contributed by atoms with Crippen LogP contribution in [0.5, 0.6) is 0 Å². The van der Waals surface area contributed by atoms with Gasteiger partial charge in [0.25, 0.3) is 0 Å². The Kier molecular flexibility index (Phi) is 4.36. The average molecular weight is 360 g/mol. The fourth-order valence-electron chi connectivity index (χ4n) is 3.35. The molecule has 3 unspecified atom stereocenters. The summed E-state index contributed by atoms with van der Waals surface area (Å²) in [4.78, 5) is 36.6. The first-order chi connectivity index (χ1) is 12.2. The normalized spacial score (nSPS) is 35.0. The molecule has 0 spiro atoms. The van der Waals surface area contributed by atoms with E-state index in [9.17, 15) is 19.5 Å². The fourth-order valence-corrected chi connectivity index (χ4v) is 3.35. The zero-order valence-corrected chi connectivity index (χ0v) is 14.6. The van der Waals surface area contributed by atoms with Crippen molar-refractivity contribution in [2.24, 2.45) is 5.92 Å². The Bertz CT molecular complexity index is 788. The number of ether oxygens (including phenoxy) is 3. The van der Waals surface area contributed by atoms with E-state index in [1.807, 2.05) is 0 Å². The molecule has 0 radical (unpaired) electrons. The number of aliphatic hydroxyl groups excluding tert-OH is 1. The van der Waals surface area contributed by atoms with E-state index in [-0.39, 0.29) is 29.1 Å². The van der Waals surface area contributed by atoms with Crippen LogP contribution in [0, 0.1) is 5.92 Å². The monoisotopic (exact) mass is 360 g/mol. The summed E-state index contributed by atoms with van der Waals surface area (Å²) >= 11 is 0. The average Bonchev–Trinajstić information content (AvgIpc) is 3.01. The lowest BCUT2D eigenvalue weighted by atomic mass is 9.82. The molecule has 1 N–H and O–H groups in total. The van der Waals surface area contributed by atoms with Crippen molar-refractivity contribution in [1.29, 1.82) is 0 Å². The third kappa shape index (κ3) is 2.88. The standard InChI is InChI=1S/C19H20O7/c1-9(2)17(22)25-14-7-19(4)15(21)6-12(26-19)11(8-20)5-13-16(14)10(3)18(23)24-13/h5-6,13-14,16,20H,1,3,7-8H2,2,4H3/b11-5-/t13?,14?,16-,19?/m0/s1. The van der Waals surface area contributed by atoms with Crippen LogP contribution in [-0.4, -0.2) is 47.2 Å². The molecule has 2 bridgehead atoms. The number of hydrogen-bond acceptors (Lipinski definition) is 7. The maximum absolute atomic E-state index is 12.5. The highest BCUT2D eigenvalue weighted by Gasteiger charge is 2.52. The van der Waals surface area contributed by atoms with Crippen molar-refractivity contribution >= 4 is 17.7 Å². The first kappa shape index (κ1) is 18.1. The van der Waals surface area contributed by atoms with Gasteiger partial charge in [-0.3, -0.25) is 4.79 Å². The van der Waals surface area contributed by atoms with Gasteiger partial charge in [-0.25, -0.2) is 9.59 Å². The lowest BCUT2D eigenvalue weighted by Crippen LogP contribution is -2.42. The van der Waals surface area contributed by atoms with Gasteiger partial charge in [0, 0.05) is 29.2 Å². The van der Waals surface area contributed by atoms with Gasteiger partial charge in [-0.2, -0.15) is 0 Å². The van der Waals surface area contributed by atoms with Crippen LogP contribution in [-0.2, 0) is 28.6 Å². The number of ketones is 1. The number of esters is 2. The van der Waals surface area contributed by atoms with E-state index < -0.39 is 42.3 Å². The fraction of sp³-hybridized carbons (Fsp3) is 0.421. The van der Waals surface area contributed by atoms with Crippen LogP contribution >= 0.6 is 0 Å². The van der Waals surface area contributed by atoms with Crippen molar-refractivity contribution in [3.63, 3.8) is 0 Å². The van der Waals surface area contributed by atoms with E-state index in [4.69, 9.17) is 14.2 Å². The molecule has 0 saturated carbocycles. The quantitative estimate of drug-likeness (QED) is 0.595. The van der Waals surface area contributed by atoms with E-state index in [1.54, 1.807) is 6.92 Å². The van der Waals surface area contributed by atoms with Crippen molar-refractivity contribution in [2.45, 2.75) is 38.1 Å². The summed E-state index contributed by atoms with van der Waals surface area (Å²) < 4.78 is 16.6. The molecule has 1 fully saturated rings. The second kappa shape index (κ2) is 6.25. The Hall–Kier alpha value is -2.67. The molecule has 138 valence electrons. The second-order valence-electron chi connectivity index (χ2n) is 6.90. The SMILES string of the molecule is C=C(C)C(=O)OC1CC2(C)OC(=CC2=O)/C(CO)=C\C2OC(=O)C(=C)[C@@H]21. The van der Waals surface area contributed by atoms with E-state index in [1.165, 1.54) is 19.1 Å². The second-order valence-corrected chi connectivity index (χ2v) is 6.90. The van der Waals surface area contributed by atoms with Crippen molar-refractivity contribution in [1.82, 2.24) is 0 Å². The van der Waals surface area contributed by atoms with Gasteiger partial charge in [-0.1, -0.05) is 13.2 Å². The number of aliphatic hydroxyl groups is 1. The Balaban J connectivity index is 2.09. The van der Waals surface area contributed by atoms with E-state index >= 15 is 0 Å². The van der Waals surface area contributed by atoms with Gasteiger partial charge < -0.3 is 19.3 Å². The van der Waals surface area contributed by atoms with E-state index in [0.29, 0.717) is 5.57 Å². The Labute approximate surface area is 150 Å². The summed E-state index contributed by atoms with van der Waals surface area (Å²) in [5.41, 5.74) is -0.631. The number of hydrogen-bond donors (Lipinski definition) is 1. The predicted octanol–water partition coefficient (Wildman–Crippen LogP) is 1.14. The number of rotatable bonds is 3. The van der Waals surface area contributed by atoms with Gasteiger partial charge in [0.1, 0.15) is 18.0 Å². The minimum absolute atomic E-state index is 0.00816. The topological polar surface area (TPSA) is 99.1 Å². The smallest absolute Gasteiger partial charge is 0.334 e. The Morgan fingerprint density at radius 3 is 2.77 bits per heavy atom. The highest BCUT2D eigenvalue weighted by Crippen LogP contribution is 2.42. The van der Waals surface area contributed by atoms with Crippen molar-refractivity contribution in [3.8, 4) is 0 Å². The van der Waals surface area contributed by atoms with Crippen LogP contribution in [0.1, 0.15) is 20.3 Å². The van der Waals surface area contributed by atoms with Gasteiger partial charge in [0.2, 0.25) is 5.78 Å². The van der Waals surface area contributed by atoms with Crippen LogP contribution in [0.15, 0.2) is 47.8 Å². The predicted molar refractivity (Wildman–Crippen MR) is 89.6 cm³/mol. The van der Waals surface area contributed by atoms with E-state index in [2.05, 4.69) is 13.2 Å². The van der Waals surface area contributed by atoms with Gasteiger partial charge in [-0.15, -0.1) is 0 Å². The van der Waals surface area contributed by atoms with Gasteiger partial charge in [0.05, 0.1) is 12.5 Å². The number of fused-ring (bicyclic) bond motifs is 3. The minimum Gasteiger partial charge on any atom is -0.479 e. The Morgan fingerprint density at radius 1 is 1.46 bits per heavy atom.